The van der Waals surface area contributed by atoms with Crippen molar-refractivity contribution in [1.82, 2.24) is 0 Å². The lowest BCUT2D eigenvalue weighted by Crippen LogP contribution is -2.32. The summed E-state index contributed by atoms with van der Waals surface area (Å²) in [5.74, 6) is -0.278. The van der Waals surface area contributed by atoms with Crippen molar-refractivity contribution < 1.29 is 22.5 Å². The van der Waals surface area contributed by atoms with E-state index in [-0.39, 0.29) is 12.2 Å². The Morgan fingerprint density at radius 3 is 2.57 bits per heavy atom. The molecule has 1 N–H and O–H groups in total. The molecule has 0 aromatic heterocycles. The molecule has 0 saturated heterocycles. The highest BCUT2D eigenvalue weighted by Gasteiger charge is 2.33. The molecule has 0 fully saturated rings. The van der Waals surface area contributed by atoms with Crippen molar-refractivity contribution in [2.24, 2.45) is 0 Å². The number of hydrogen-bond donors (Lipinski definition) is 1. The fraction of sp³-hybridized carbons (Fsp3) is 0.174. The first-order valence-electron chi connectivity index (χ1n) is 9.64. The zero-order chi connectivity index (χ0) is 21.1. The number of rotatable bonds is 6. The first-order valence-corrected chi connectivity index (χ1v) is 11.2. The topological polar surface area (TPSA) is 83.9 Å². The first kappa shape index (κ1) is 20.1. The second-order valence-electron chi connectivity index (χ2n) is 7.05. The van der Waals surface area contributed by atoms with Crippen LogP contribution < -0.4 is 9.64 Å². The predicted octanol–water partition coefficient (Wildman–Crippen LogP) is 3.99. The minimum atomic E-state index is -4.04. The highest BCUT2D eigenvalue weighted by atomic mass is 32.2. The summed E-state index contributed by atoms with van der Waals surface area (Å²) in [5.41, 5.74) is 3.73. The van der Waals surface area contributed by atoms with Gasteiger partial charge in [0.15, 0.2) is 0 Å². The van der Waals surface area contributed by atoms with Crippen LogP contribution in [-0.2, 0) is 14.9 Å². The molecule has 30 heavy (non-hydrogen) atoms. The van der Waals surface area contributed by atoms with Crippen molar-refractivity contribution in [3.8, 4) is 5.75 Å². The van der Waals surface area contributed by atoms with Gasteiger partial charge < -0.3 is 9.64 Å². The van der Waals surface area contributed by atoms with Crippen molar-refractivity contribution in [1.29, 1.82) is 0 Å². The average molecular weight is 423 g/mol. The molecule has 0 amide bonds. The van der Waals surface area contributed by atoms with Gasteiger partial charge in [0.2, 0.25) is 0 Å². The first-order chi connectivity index (χ1) is 14.4. The lowest BCUT2D eigenvalue weighted by atomic mass is 9.87. The monoisotopic (exact) mass is 423 g/mol. The Labute approximate surface area is 175 Å². The quantitative estimate of drug-likeness (QED) is 0.430. The summed E-state index contributed by atoms with van der Waals surface area (Å²) < 4.78 is 37.0. The number of fused-ring (bicyclic) bond motifs is 2. The maximum absolute atomic E-state index is 13.2. The molecular formula is C23H21NO5S. The molecule has 0 saturated carbocycles. The van der Waals surface area contributed by atoms with Gasteiger partial charge in [-0.05, 0) is 42.7 Å². The van der Waals surface area contributed by atoms with Crippen LogP contribution >= 0.6 is 0 Å². The Hall–Kier alpha value is -3.16. The van der Waals surface area contributed by atoms with Gasteiger partial charge in [0.1, 0.15) is 5.75 Å². The number of nitrogens with zero attached hydrogens (tertiary/aromatic N) is 1. The van der Waals surface area contributed by atoms with Gasteiger partial charge >= 0.3 is 5.97 Å². The molecule has 1 aliphatic heterocycles. The number of allylic oxidation sites excluding steroid dienone is 4. The number of anilines is 1. The average Bonchev–Trinajstić information content (AvgIpc) is 2.73. The van der Waals surface area contributed by atoms with Gasteiger partial charge in [0.05, 0.1) is 11.3 Å². The molecule has 4 rings (SSSR count). The number of hydrogen-bond acceptors (Lipinski definition) is 5. The Kier molecular flexibility index (Phi) is 5.57. The maximum atomic E-state index is 13.2. The van der Waals surface area contributed by atoms with E-state index in [1.807, 2.05) is 53.5 Å². The van der Waals surface area contributed by atoms with E-state index in [4.69, 9.17) is 9.29 Å². The van der Waals surface area contributed by atoms with E-state index in [0.29, 0.717) is 24.3 Å². The molecule has 7 heteroatoms. The number of ether oxygens (including phenoxy) is 1. The number of esters is 1. The smallest absolute Gasteiger partial charge is 0.344 e. The van der Waals surface area contributed by atoms with Gasteiger partial charge in [-0.25, -0.2) is 4.79 Å². The molecule has 154 valence electrons. The normalized spacial score (nSPS) is 15.4. The molecule has 0 atom stereocenters. The second-order valence-corrected chi connectivity index (χ2v) is 8.62. The van der Waals surface area contributed by atoms with Crippen LogP contribution in [0.3, 0.4) is 0 Å². The molecule has 0 bridgehead atoms. The molecular weight excluding hydrogens is 402 g/mol. The second kappa shape index (κ2) is 8.30. The number of carbonyl (C=O) groups excluding carboxylic acids is 1. The van der Waals surface area contributed by atoms with Crippen LogP contribution in [-0.4, -0.2) is 31.2 Å². The van der Waals surface area contributed by atoms with Gasteiger partial charge in [0, 0.05) is 23.5 Å². The van der Waals surface area contributed by atoms with Crippen LogP contribution in [0.2, 0.25) is 0 Å². The summed E-state index contributed by atoms with van der Waals surface area (Å²) in [5, 5.41) is 0. The minimum absolute atomic E-state index is 0.255. The van der Waals surface area contributed by atoms with Crippen molar-refractivity contribution in [3.63, 3.8) is 0 Å². The standard InChI is InChI=1S/C23H21NO5S/c25-23(29-17-9-2-1-3-10-17)22-18-11-4-6-13-20(18)24(15-8-16-30(26,27)28)21-14-7-5-12-19(21)22/h1-7,9-11,13-14H,8,12,15-16H2,(H,26,27,28). The summed E-state index contributed by atoms with van der Waals surface area (Å²) in [6.07, 6.45) is 6.62. The highest BCUT2D eigenvalue weighted by molar-refractivity contribution is 7.85. The molecule has 2 aliphatic rings. The molecule has 1 heterocycles. The highest BCUT2D eigenvalue weighted by Crippen LogP contribution is 2.43. The van der Waals surface area contributed by atoms with Crippen LogP contribution in [0.25, 0.3) is 5.57 Å². The van der Waals surface area contributed by atoms with Gasteiger partial charge in [0.25, 0.3) is 10.1 Å². The zero-order valence-corrected chi connectivity index (χ0v) is 17.0. The van der Waals surface area contributed by atoms with Crippen LogP contribution in [0, 0.1) is 0 Å². The van der Waals surface area contributed by atoms with Crippen molar-refractivity contribution >= 4 is 27.3 Å². The SMILES string of the molecule is O=C(Oc1ccccc1)C1=C2CC=CC=C2N(CCCS(=O)(=O)O)c2ccccc21. The third-order valence-electron chi connectivity index (χ3n) is 5.02. The summed E-state index contributed by atoms with van der Waals surface area (Å²) in [6, 6.07) is 16.4. The summed E-state index contributed by atoms with van der Waals surface area (Å²) in [6.45, 7) is 0.390. The fourth-order valence-electron chi connectivity index (χ4n) is 3.77. The van der Waals surface area contributed by atoms with Crippen molar-refractivity contribution in [2.75, 3.05) is 17.2 Å². The molecule has 0 unspecified atom stereocenters. The molecule has 6 nitrogen and oxygen atoms in total. The minimum Gasteiger partial charge on any atom is -0.423 e. The summed E-state index contributed by atoms with van der Waals surface area (Å²) in [4.78, 5) is 15.2. The van der Waals surface area contributed by atoms with Crippen LogP contribution in [0.4, 0.5) is 5.69 Å². The lowest BCUT2D eigenvalue weighted by molar-refractivity contribution is -0.128. The maximum Gasteiger partial charge on any atom is 0.344 e. The van der Waals surface area contributed by atoms with E-state index in [2.05, 4.69) is 0 Å². The summed E-state index contributed by atoms with van der Waals surface area (Å²) >= 11 is 0. The third-order valence-corrected chi connectivity index (χ3v) is 5.82. The van der Waals surface area contributed by atoms with Crippen molar-refractivity contribution in [2.45, 2.75) is 12.8 Å². The Bertz CT molecular complexity index is 1160. The van der Waals surface area contributed by atoms with Gasteiger partial charge in [-0.3, -0.25) is 4.55 Å². The fourth-order valence-corrected chi connectivity index (χ4v) is 4.27. The molecule has 0 spiro atoms. The molecule has 2 aromatic rings. The number of carbonyl (C=O) groups is 1. The Balaban J connectivity index is 1.73. The summed E-state index contributed by atoms with van der Waals surface area (Å²) in [7, 11) is -4.04. The molecule has 2 aromatic carbocycles. The van der Waals surface area contributed by atoms with Gasteiger partial charge in [-0.15, -0.1) is 0 Å². The van der Waals surface area contributed by atoms with E-state index in [9.17, 15) is 13.2 Å². The number of benzene rings is 2. The van der Waals surface area contributed by atoms with E-state index >= 15 is 0 Å². The van der Waals surface area contributed by atoms with Crippen molar-refractivity contribution in [3.05, 3.63) is 89.7 Å². The van der Waals surface area contributed by atoms with Gasteiger partial charge in [-0.2, -0.15) is 8.42 Å². The Morgan fingerprint density at radius 1 is 1.07 bits per heavy atom. The predicted molar refractivity (Wildman–Crippen MR) is 116 cm³/mol. The molecule has 1 aliphatic carbocycles. The third kappa shape index (κ3) is 4.22. The van der Waals surface area contributed by atoms with Crippen LogP contribution in [0.15, 0.2) is 84.1 Å². The Morgan fingerprint density at radius 2 is 1.80 bits per heavy atom. The molecule has 0 radical (unpaired) electrons. The van der Waals surface area contributed by atoms with E-state index < -0.39 is 16.1 Å². The lowest BCUT2D eigenvalue weighted by Gasteiger charge is -2.37. The number of para-hydroxylation sites is 2. The van der Waals surface area contributed by atoms with E-state index in [0.717, 1.165) is 22.5 Å². The van der Waals surface area contributed by atoms with Crippen LogP contribution in [0.5, 0.6) is 5.75 Å². The van der Waals surface area contributed by atoms with Crippen LogP contribution in [0.1, 0.15) is 18.4 Å². The van der Waals surface area contributed by atoms with E-state index in [1.165, 1.54) is 0 Å². The largest absolute Gasteiger partial charge is 0.423 e. The zero-order valence-electron chi connectivity index (χ0n) is 16.2. The van der Waals surface area contributed by atoms with Gasteiger partial charge in [-0.1, -0.05) is 48.6 Å². The van der Waals surface area contributed by atoms with E-state index in [1.54, 1.807) is 24.3 Å².